The highest BCUT2D eigenvalue weighted by atomic mass is 16.5. The number of hydrogen-bond acceptors (Lipinski definition) is 3. The third-order valence-electron chi connectivity index (χ3n) is 6.91. The minimum Gasteiger partial charge on any atom is -0.497 e. The smallest absolute Gasteiger partial charge is 0.246 e. The first-order valence-corrected chi connectivity index (χ1v) is 12.1. The zero-order valence-electron chi connectivity index (χ0n) is 19.5. The largest absolute Gasteiger partial charge is 0.497 e. The van der Waals surface area contributed by atoms with E-state index in [1.807, 2.05) is 53.4 Å². The van der Waals surface area contributed by atoms with Crippen LogP contribution in [0.4, 0.5) is 0 Å². The number of carbonyl (C=O) groups is 2. The van der Waals surface area contributed by atoms with Crippen LogP contribution in [0.5, 0.6) is 5.75 Å². The van der Waals surface area contributed by atoms with Crippen molar-refractivity contribution in [2.45, 2.75) is 44.6 Å². The lowest BCUT2D eigenvalue weighted by Gasteiger charge is -2.37. The van der Waals surface area contributed by atoms with Crippen molar-refractivity contribution in [1.82, 2.24) is 9.80 Å². The van der Waals surface area contributed by atoms with Crippen LogP contribution in [0.1, 0.15) is 55.7 Å². The molecule has 0 radical (unpaired) electrons. The fraction of sp³-hybridized carbons (Fsp3) is 0.429. The summed E-state index contributed by atoms with van der Waals surface area (Å²) in [5.74, 6) is 1.11. The van der Waals surface area contributed by atoms with Gasteiger partial charge in [0.05, 0.1) is 13.2 Å². The molecule has 2 amide bonds. The highest BCUT2D eigenvalue weighted by Gasteiger charge is 2.34. The number of hydrogen-bond donors (Lipinski definition) is 0. The van der Waals surface area contributed by atoms with E-state index >= 15 is 0 Å². The summed E-state index contributed by atoms with van der Waals surface area (Å²) in [4.78, 5) is 30.2. The molecule has 0 bridgehead atoms. The van der Waals surface area contributed by atoms with E-state index in [9.17, 15) is 9.59 Å². The molecule has 5 heteroatoms. The van der Waals surface area contributed by atoms with Crippen LogP contribution in [0.25, 0.3) is 6.08 Å². The van der Waals surface area contributed by atoms with Crippen LogP contribution in [-0.4, -0.2) is 48.4 Å². The van der Waals surface area contributed by atoms with Crippen LogP contribution in [0.15, 0.2) is 60.7 Å². The van der Waals surface area contributed by atoms with Gasteiger partial charge in [-0.3, -0.25) is 9.59 Å². The molecule has 0 saturated carbocycles. The van der Waals surface area contributed by atoms with Gasteiger partial charge in [-0.05, 0) is 55.0 Å². The van der Waals surface area contributed by atoms with Crippen molar-refractivity contribution in [3.8, 4) is 5.75 Å². The summed E-state index contributed by atoms with van der Waals surface area (Å²) in [5, 5.41) is 0. The van der Waals surface area contributed by atoms with Crippen molar-refractivity contribution in [1.29, 1.82) is 0 Å². The van der Waals surface area contributed by atoms with Crippen LogP contribution in [-0.2, 0) is 9.59 Å². The highest BCUT2D eigenvalue weighted by Crippen LogP contribution is 2.33. The minimum atomic E-state index is -0.00833. The number of methoxy groups -OCH3 is 1. The van der Waals surface area contributed by atoms with Gasteiger partial charge in [0.2, 0.25) is 11.8 Å². The first-order valence-electron chi connectivity index (χ1n) is 12.1. The van der Waals surface area contributed by atoms with Crippen LogP contribution in [0.2, 0.25) is 0 Å². The molecule has 4 rings (SSSR count). The van der Waals surface area contributed by atoms with E-state index in [0.29, 0.717) is 13.1 Å². The molecule has 2 saturated heterocycles. The van der Waals surface area contributed by atoms with E-state index in [0.717, 1.165) is 56.4 Å². The highest BCUT2D eigenvalue weighted by molar-refractivity contribution is 5.92. The predicted molar refractivity (Wildman–Crippen MR) is 131 cm³/mol. The fourth-order valence-corrected chi connectivity index (χ4v) is 4.96. The van der Waals surface area contributed by atoms with Crippen molar-refractivity contribution in [3.05, 3.63) is 71.8 Å². The summed E-state index contributed by atoms with van der Waals surface area (Å²) >= 11 is 0. The maximum absolute atomic E-state index is 13.6. The second-order valence-electron chi connectivity index (χ2n) is 9.01. The number of benzene rings is 2. The number of nitrogens with zero attached hydrogens (tertiary/aromatic N) is 2. The molecule has 0 spiro atoms. The van der Waals surface area contributed by atoms with Crippen LogP contribution >= 0.6 is 0 Å². The molecule has 2 heterocycles. The topological polar surface area (TPSA) is 49.9 Å². The molecule has 2 aromatic carbocycles. The molecular weight excluding hydrogens is 412 g/mol. The molecule has 0 N–H and O–H groups in total. The second-order valence-corrected chi connectivity index (χ2v) is 9.01. The quantitative estimate of drug-likeness (QED) is 0.601. The number of likely N-dealkylation sites (tertiary alicyclic amines) is 2. The zero-order chi connectivity index (χ0) is 23.0. The van der Waals surface area contributed by atoms with Gasteiger partial charge in [-0.1, -0.05) is 55.3 Å². The molecule has 0 aromatic heterocycles. The number of amides is 2. The molecule has 174 valence electrons. The van der Waals surface area contributed by atoms with Gasteiger partial charge in [0.25, 0.3) is 0 Å². The Morgan fingerprint density at radius 2 is 1.61 bits per heavy atom. The number of rotatable bonds is 5. The van der Waals surface area contributed by atoms with Gasteiger partial charge in [-0.25, -0.2) is 0 Å². The monoisotopic (exact) mass is 446 g/mol. The van der Waals surface area contributed by atoms with Gasteiger partial charge in [0.1, 0.15) is 5.75 Å². The lowest BCUT2D eigenvalue weighted by molar-refractivity contribution is -0.141. The summed E-state index contributed by atoms with van der Waals surface area (Å²) in [6.07, 6.45) is 9.32. The second kappa shape index (κ2) is 11.2. The van der Waals surface area contributed by atoms with E-state index < -0.39 is 0 Å². The van der Waals surface area contributed by atoms with Crippen molar-refractivity contribution in [2.75, 3.05) is 26.7 Å². The Kier molecular flexibility index (Phi) is 7.82. The van der Waals surface area contributed by atoms with Crippen LogP contribution < -0.4 is 4.74 Å². The van der Waals surface area contributed by atoms with Gasteiger partial charge < -0.3 is 14.5 Å². The van der Waals surface area contributed by atoms with Crippen molar-refractivity contribution < 1.29 is 14.3 Å². The van der Waals surface area contributed by atoms with Gasteiger partial charge in [0.15, 0.2) is 0 Å². The Morgan fingerprint density at radius 1 is 0.879 bits per heavy atom. The fourth-order valence-electron chi connectivity index (χ4n) is 4.96. The van der Waals surface area contributed by atoms with E-state index in [1.54, 1.807) is 13.2 Å². The molecule has 33 heavy (non-hydrogen) atoms. The van der Waals surface area contributed by atoms with Crippen molar-refractivity contribution in [3.63, 3.8) is 0 Å². The Bertz CT molecular complexity index is 947. The minimum absolute atomic E-state index is 0.00833. The Labute approximate surface area is 197 Å². The zero-order valence-corrected chi connectivity index (χ0v) is 19.5. The average molecular weight is 447 g/mol. The first kappa shape index (κ1) is 23.1. The molecule has 5 nitrogen and oxygen atoms in total. The van der Waals surface area contributed by atoms with Crippen molar-refractivity contribution in [2.24, 2.45) is 5.92 Å². The van der Waals surface area contributed by atoms with E-state index in [-0.39, 0.29) is 23.8 Å². The predicted octanol–water partition coefficient (Wildman–Crippen LogP) is 5.09. The number of ether oxygens (including phenoxy) is 1. The molecule has 2 aromatic rings. The maximum Gasteiger partial charge on any atom is 0.246 e. The molecule has 2 fully saturated rings. The van der Waals surface area contributed by atoms with Crippen LogP contribution in [0, 0.1) is 5.92 Å². The SMILES string of the molecule is COc1ccc(C2CCCCCN2C(=O)C2CCN(C(=O)C=Cc3ccccc3)CC2)cc1. The number of carbonyl (C=O) groups excluding carboxylic acids is 2. The van der Waals surface area contributed by atoms with E-state index in [2.05, 4.69) is 17.0 Å². The summed E-state index contributed by atoms with van der Waals surface area (Å²) in [7, 11) is 1.67. The summed E-state index contributed by atoms with van der Waals surface area (Å²) in [6.45, 7) is 2.08. The van der Waals surface area contributed by atoms with E-state index in [4.69, 9.17) is 4.74 Å². The normalized spacial score (nSPS) is 20.0. The van der Waals surface area contributed by atoms with Gasteiger partial charge in [-0.15, -0.1) is 0 Å². The Hall–Kier alpha value is -3.08. The molecule has 1 unspecified atom stereocenters. The van der Waals surface area contributed by atoms with Gasteiger partial charge >= 0.3 is 0 Å². The number of piperidine rings is 1. The maximum atomic E-state index is 13.6. The summed E-state index contributed by atoms with van der Waals surface area (Å²) in [6, 6.07) is 18.1. The van der Waals surface area contributed by atoms with Gasteiger partial charge in [0, 0.05) is 31.6 Å². The Balaban J connectivity index is 1.37. The third kappa shape index (κ3) is 5.84. The molecular formula is C28H34N2O3. The molecule has 2 aliphatic rings. The lowest BCUT2D eigenvalue weighted by atomic mass is 9.93. The molecule has 2 aliphatic heterocycles. The Morgan fingerprint density at radius 3 is 2.30 bits per heavy atom. The standard InChI is InChI=1S/C28H34N2O3/c1-33-25-14-12-23(13-15-25)26-10-6-3-7-19-30(26)28(32)24-17-20-29(21-18-24)27(31)16-11-22-8-4-2-5-9-22/h2,4-5,8-9,11-16,24,26H,3,6-7,10,17-21H2,1H3. The van der Waals surface area contributed by atoms with Crippen LogP contribution in [0.3, 0.4) is 0 Å². The first-order chi connectivity index (χ1) is 16.2. The van der Waals surface area contributed by atoms with Gasteiger partial charge in [-0.2, -0.15) is 0 Å². The molecule has 0 aliphatic carbocycles. The third-order valence-corrected chi connectivity index (χ3v) is 6.91. The van der Waals surface area contributed by atoms with Crippen molar-refractivity contribution >= 4 is 17.9 Å². The molecule has 1 atom stereocenters. The summed E-state index contributed by atoms with van der Waals surface area (Å²) in [5.41, 5.74) is 2.20. The lowest BCUT2D eigenvalue weighted by Crippen LogP contribution is -2.45. The van der Waals surface area contributed by atoms with E-state index in [1.165, 1.54) is 5.56 Å². The average Bonchev–Trinajstić information content (AvgIpc) is 3.14. The summed E-state index contributed by atoms with van der Waals surface area (Å²) < 4.78 is 5.30.